The Hall–Kier alpha value is -2.44. The molecule has 7 heteroatoms. The summed E-state index contributed by atoms with van der Waals surface area (Å²) >= 11 is 0. The first kappa shape index (κ1) is 17.4. The fraction of sp³-hybridized carbons (Fsp3) is 0.556. The van der Waals surface area contributed by atoms with Gasteiger partial charge in [0.15, 0.2) is 0 Å². The summed E-state index contributed by atoms with van der Waals surface area (Å²) in [7, 11) is 0. The molecule has 2 heterocycles. The Balaban J connectivity index is 1.39. The molecule has 3 rings (SSSR count). The van der Waals surface area contributed by atoms with Gasteiger partial charge in [-0.05, 0) is 19.3 Å². The van der Waals surface area contributed by atoms with Gasteiger partial charge in [0.2, 0.25) is 5.91 Å². The normalized spacial score (nSPS) is 14.6. The molecule has 1 fully saturated rings. The van der Waals surface area contributed by atoms with Gasteiger partial charge in [0.25, 0.3) is 0 Å². The van der Waals surface area contributed by atoms with Gasteiger partial charge in [0, 0.05) is 38.0 Å². The maximum atomic E-state index is 11.9. The van der Waals surface area contributed by atoms with Gasteiger partial charge < -0.3 is 10.6 Å². The number of aryl methyl sites for hydroxylation is 1. The summed E-state index contributed by atoms with van der Waals surface area (Å²) in [6.07, 6.45) is 12.0. The fourth-order valence-corrected chi connectivity index (χ4v) is 3.31. The summed E-state index contributed by atoms with van der Waals surface area (Å²) in [4.78, 5) is 24.6. The molecule has 1 amide bonds. The lowest BCUT2D eigenvalue weighted by molar-refractivity contribution is -0.121. The Morgan fingerprint density at radius 1 is 1.24 bits per heavy atom. The molecule has 0 unspecified atom stereocenters. The van der Waals surface area contributed by atoms with E-state index in [9.17, 15) is 4.79 Å². The van der Waals surface area contributed by atoms with Crippen molar-refractivity contribution in [3.05, 3.63) is 30.6 Å². The van der Waals surface area contributed by atoms with Crippen LogP contribution in [0.1, 0.15) is 44.3 Å². The van der Waals surface area contributed by atoms with Crippen LogP contribution in [0.4, 0.5) is 5.82 Å². The van der Waals surface area contributed by atoms with Crippen LogP contribution in [0.3, 0.4) is 0 Å². The average molecular weight is 342 g/mol. The Morgan fingerprint density at radius 2 is 2.08 bits per heavy atom. The van der Waals surface area contributed by atoms with E-state index in [4.69, 9.17) is 0 Å². The Morgan fingerprint density at radius 3 is 2.84 bits per heavy atom. The number of hydrogen-bond acceptors (Lipinski definition) is 5. The van der Waals surface area contributed by atoms with Crippen LogP contribution < -0.4 is 10.6 Å². The first-order valence-electron chi connectivity index (χ1n) is 9.05. The summed E-state index contributed by atoms with van der Waals surface area (Å²) in [5.74, 6) is 3.28. The van der Waals surface area contributed by atoms with Crippen molar-refractivity contribution in [1.82, 2.24) is 24.8 Å². The van der Waals surface area contributed by atoms with Crippen LogP contribution in [0.2, 0.25) is 0 Å². The molecule has 0 radical (unpaired) electrons. The average Bonchev–Trinajstić information content (AvgIpc) is 3.28. The highest BCUT2D eigenvalue weighted by Gasteiger charge is 2.15. The molecule has 2 aromatic rings. The topological polar surface area (TPSA) is 84.7 Å². The second-order valence-electron chi connectivity index (χ2n) is 6.57. The van der Waals surface area contributed by atoms with Crippen LogP contribution >= 0.6 is 0 Å². The first-order chi connectivity index (χ1) is 12.2. The third-order valence-electron chi connectivity index (χ3n) is 4.73. The van der Waals surface area contributed by atoms with Crippen LogP contribution in [0, 0.1) is 12.8 Å². The molecule has 1 aliphatic rings. The summed E-state index contributed by atoms with van der Waals surface area (Å²) in [6.45, 7) is 3.15. The number of carbonyl (C=O) groups excluding carboxylic acids is 1. The predicted molar refractivity (Wildman–Crippen MR) is 96.6 cm³/mol. The molecule has 1 aliphatic carbocycles. The lowest BCUT2D eigenvalue weighted by Crippen LogP contribution is -2.29. The van der Waals surface area contributed by atoms with E-state index in [1.165, 1.54) is 32.0 Å². The number of carbonyl (C=O) groups is 1. The molecule has 0 saturated heterocycles. The summed E-state index contributed by atoms with van der Waals surface area (Å²) in [5, 5.41) is 6.19. The van der Waals surface area contributed by atoms with Gasteiger partial charge in [-0.3, -0.25) is 9.36 Å². The van der Waals surface area contributed by atoms with Crippen LogP contribution in [-0.2, 0) is 4.79 Å². The monoisotopic (exact) mass is 342 g/mol. The molecule has 2 N–H and O–H groups in total. The smallest absolute Gasteiger partial charge is 0.220 e. The molecule has 0 atom stereocenters. The van der Waals surface area contributed by atoms with E-state index < -0.39 is 0 Å². The van der Waals surface area contributed by atoms with Crippen molar-refractivity contribution in [2.75, 3.05) is 18.4 Å². The van der Waals surface area contributed by atoms with E-state index in [1.807, 2.05) is 23.8 Å². The van der Waals surface area contributed by atoms with Gasteiger partial charge in [0.05, 0.1) is 0 Å². The van der Waals surface area contributed by atoms with Crippen LogP contribution in [0.5, 0.6) is 0 Å². The number of rotatable bonds is 8. The molecule has 1 saturated carbocycles. The van der Waals surface area contributed by atoms with Gasteiger partial charge in [-0.15, -0.1) is 0 Å². The van der Waals surface area contributed by atoms with Crippen molar-refractivity contribution in [2.24, 2.45) is 5.92 Å². The van der Waals surface area contributed by atoms with Gasteiger partial charge >= 0.3 is 0 Å². The third-order valence-corrected chi connectivity index (χ3v) is 4.73. The predicted octanol–water partition coefficient (Wildman–Crippen LogP) is 2.47. The Labute approximate surface area is 148 Å². The van der Waals surface area contributed by atoms with Gasteiger partial charge in [-0.25, -0.2) is 15.0 Å². The Bertz CT molecular complexity index is 692. The molecule has 0 aromatic carbocycles. The highest BCUT2D eigenvalue weighted by atomic mass is 16.1. The first-order valence-corrected chi connectivity index (χ1v) is 9.05. The largest absolute Gasteiger partial charge is 0.368 e. The van der Waals surface area contributed by atoms with Crippen molar-refractivity contribution in [1.29, 1.82) is 0 Å². The summed E-state index contributed by atoms with van der Waals surface area (Å²) in [6, 6.07) is 1.87. The van der Waals surface area contributed by atoms with Crippen LogP contribution in [-0.4, -0.2) is 38.5 Å². The zero-order valence-corrected chi connectivity index (χ0v) is 14.7. The van der Waals surface area contributed by atoms with Gasteiger partial charge in [-0.1, -0.05) is 25.7 Å². The SMILES string of the molecule is Cc1nccn1-c1cc(NCCNC(=O)CCC2CCCC2)ncn1. The van der Waals surface area contributed by atoms with Crippen molar-refractivity contribution in [3.8, 4) is 5.82 Å². The maximum absolute atomic E-state index is 11.9. The number of nitrogens with zero attached hydrogens (tertiary/aromatic N) is 4. The van der Waals surface area contributed by atoms with E-state index in [-0.39, 0.29) is 5.91 Å². The highest BCUT2D eigenvalue weighted by Crippen LogP contribution is 2.28. The quantitative estimate of drug-likeness (QED) is 0.720. The molecule has 0 aliphatic heterocycles. The number of anilines is 1. The summed E-state index contributed by atoms with van der Waals surface area (Å²) < 4.78 is 1.90. The summed E-state index contributed by atoms with van der Waals surface area (Å²) in [5.41, 5.74) is 0. The molecule has 134 valence electrons. The van der Waals surface area contributed by atoms with Crippen LogP contribution in [0.25, 0.3) is 5.82 Å². The lowest BCUT2D eigenvalue weighted by atomic mass is 10.0. The number of imidazole rings is 1. The van der Waals surface area contributed by atoms with Gasteiger partial charge in [-0.2, -0.15) is 0 Å². The molecule has 0 bridgehead atoms. The molecule has 7 nitrogen and oxygen atoms in total. The molecule has 25 heavy (non-hydrogen) atoms. The van der Waals surface area contributed by atoms with Crippen molar-refractivity contribution < 1.29 is 4.79 Å². The van der Waals surface area contributed by atoms with Crippen molar-refractivity contribution in [2.45, 2.75) is 45.4 Å². The maximum Gasteiger partial charge on any atom is 0.220 e. The fourth-order valence-electron chi connectivity index (χ4n) is 3.31. The highest BCUT2D eigenvalue weighted by molar-refractivity contribution is 5.75. The second-order valence-corrected chi connectivity index (χ2v) is 6.57. The Kier molecular flexibility index (Phi) is 5.98. The molecule has 0 spiro atoms. The standard InChI is InChI=1S/C18H26N6O/c1-14-19-10-11-24(14)17-12-16(22-13-23-17)20-8-9-21-18(25)7-6-15-4-2-3-5-15/h10-13,15H,2-9H2,1H3,(H,21,25)(H,20,22,23). The minimum atomic E-state index is 0.145. The van der Waals surface area contributed by atoms with E-state index in [0.717, 1.165) is 29.8 Å². The minimum Gasteiger partial charge on any atom is -0.368 e. The number of hydrogen-bond donors (Lipinski definition) is 2. The zero-order chi connectivity index (χ0) is 17.5. The van der Waals surface area contributed by atoms with E-state index in [1.54, 1.807) is 6.20 Å². The molecule has 2 aromatic heterocycles. The van der Waals surface area contributed by atoms with E-state index in [0.29, 0.717) is 19.5 Å². The van der Waals surface area contributed by atoms with Crippen molar-refractivity contribution in [3.63, 3.8) is 0 Å². The number of amides is 1. The van der Waals surface area contributed by atoms with E-state index in [2.05, 4.69) is 25.6 Å². The minimum absolute atomic E-state index is 0.145. The van der Waals surface area contributed by atoms with Crippen LogP contribution in [0.15, 0.2) is 24.8 Å². The zero-order valence-electron chi connectivity index (χ0n) is 14.7. The molecular weight excluding hydrogens is 316 g/mol. The second kappa shape index (κ2) is 8.60. The van der Waals surface area contributed by atoms with Crippen molar-refractivity contribution >= 4 is 11.7 Å². The lowest BCUT2D eigenvalue weighted by Gasteiger charge is -2.10. The van der Waals surface area contributed by atoms with E-state index >= 15 is 0 Å². The van der Waals surface area contributed by atoms with Gasteiger partial charge in [0.1, 0.15) is 23.8 Å². The third kappa shape index (κ3) is 5.01. The number of nitrogens with one attached hydrogen (secondary N) is 2. The number of aromatic nitrogens is 4. The molecular formula is C18H26N6O.